The predicted octanol–water partition coefficient (Wildman–Crippen LogP) is 2.77. The summed E-state index contributed by atoms with van der Waals surface area (Å²) < 4.78 is 10.0. The molecule has 0 aliphatic carbocycles. The highest BCUT2D eigenvalue weighted by atomic mass is 16.5. The third kappa shape index (κ3) is 5.12. The summed E-state index contributed by atoms with van der Waals surface area (Å²) in [4.78, 5) is 23.7. The maximum atomic E-state index is 11.9. The lowest BCUT2D eigenvalue weighted by molar-refractivity contribution is -0.124. The maximum absolute atomic E-state index is 11.9. The van der Waals surface area contributed by atoms with Crippen molar-refractivity contribution in [3.8, 4) is 5.75 Å². The van der Waals surface area contributed by atoms with Crippen LogP contribution in [0.1, 0.15) is 28.8 Å². The molecular formula is C19H21NO4. The van der Waals surface area contributed by atoms with Gasteiger partial charge in [0.25, 0.3) is 5.91 Å². The second kappa shape index (κ2) is 8.72. The zero-order valence-corrected chi connectivity index (χ0v) is 13.8. The van der Waals surface area contributed by atoms with E-state index in [0.717, 1.165) is 5.56 Å². The summed E-state index contributed by atoms with van der Waals surface area (Å²) in [5.41, 5.74) is 1.52. The number of ether oxygens (including phenoxy) is 2. The van der Waals surface area contributed by atoms with E-state index >= 15 is 0 Å². The average Bonchev–Trinajstić information content (AvgIpc) is 2.64. The summed E-state index contributed by atoms with van der Waals surface area (Å²) in [6.07, 6.45) is 0. The zero-order chi connectivity index (χ0) is 17.4. The standard InChI is InChI=1S/C19H21NO4/c1-14(15-6-4-3-5-7-15)12-20-18(21)13-24-19(22)16-8-10-17(23-2)11-9-16/h3-11,14H,12-13H2,1-2H3,(H,20,21)/t14-/m0/s1. The largest absolute Gasteiger partial charge is 0.497 e. The van der Waals surface area contributed by atoms with E-state index in [1.807, 2.05) is 37.3 Å². The lowest BCUT2D eigenvalue weighted by Crippen LogP contribution is -2.31. The number of carbonyl (C=O) groups is 2. The van der Waals surface area contributed by atoms with Gasteiger partial charge in [0.2, 0.25) is 0 Å². The van der Waals surface area contributed by atoms with E-state index in [2.05, 4.69) is 5.32 Å². The lowest BCUT2D eigenvalue weighted by atomic mass is 10.0. The fourth-order valence-electron chi connectivity index (χ4n) is 2.16. The fraction of sp³-hybridized carbons (Fsp3) is 0.263. The van der Waals surface area contributed by atoms with E-state index in [1.165, 1.54) is 0 Å². The molecule has 24 heavy (non-hydrogen) atoms. The molecular weight excluding hydrogens is 306 g/mol. The van der Waals surface area contributed by atoms with Gasteiger partial charge in [0.1, 0.15) is 5.75 Å². The summed E-state index contributed by atoms with van der Waals surface area (Å²) in [5, 5.41) is 2.77. The first-order valence-corrected chi connectivity index (χ1v) is 7.73. The summed E-state index contributed by atoms with van der Waals surface area (Å²) in [7, 11) is 1.55. The Kier molecular flexibility index (Phi) is 6.37. The maximum Gasteiger partial charge on any atom is 0.338 e. The van der Waals surface area contributed by atoms with Gasteiger partial charge < -0.3 is 14.8 Å². The van der Waals surface area contributed by atoms with Gasteiger partial charge in [-0.2, -0.15) is 0 Å². The predicted molar refractivity (Wildman–Crippen MR) is 91.1 cm³/mol. The third-order valence-corrected chi connectivity index (χ3v) is 3.63. The van der Waals surface area contributed by atoms with Gasteiger partial charge in [-0.15, -0.1) is 0 Å². The van der Waals surface area contributed by atoms with Gasteiger partial charge in [0.15, 0.2) is 6.61 Å². The minimum Gasteiger partial charge on any atom is -0.497 e. The fourth-order valence-corrected chi connectivity index (χ4v) is 2.16. The first kappa shape index (κ1) is 17.5. The minimum atomic E-state index is -0.538. The van der Waals surface area contributed by atoms with Gasteiger partial charge in [0, 0.05) is 6.54 Å². The second-order valence-electron chi connectivity index (χ2n) is 5.42. The van der Waals surface area contributed by atoms with Gasteiger partial charge in [-0.3, -0.25) is 4.79 Å². The van der Waals surface area contributed by atoms with Crippen LogP contribution >= 0.6 is 0 Å². The van der Waals surface area contributed by atoms with Crippen molar-refractivity contribution in [2.45, 2.75) is 12.8 Å². The van der Waals surface area contributed by atoms with Crippen LogP contribution < -0.4 is 10.1 Å². The van der Waals surface area contributed by atoms with Crippen LogP contribution in [-0.4, -0.2) is 32.1 Å². The Bertz CT molecular complexity index is 668. The van der Waals surface area contributed by atoms with E-state index in [4.69, 9.17) is 9.47 Å². The molecule has 1 amide bonds. The second-order valence-corrected chi connectivity index (χ2v) is 5.42. The number of nitrogens with one attached hydrogen (secondary N) is 1. The van der Waals surface area contributed by atoms with Gasteiger partial charge in [-0.05, 0) is 35.7 Å². The molecule has 0 fully saturated rings. The number of hydrogen-bond donors (Lipinski definition) is 1. The van der Waals surface area contributed by atoms with Crippen LogP contribution in [0.5, 0.6) is 5.75 Å². The van der Waals surface area contributed by atoms with Crippen LogP contribution in [0.15, 0.2) is 54.6 Å². The molecule has 0 aromatic heterocycles. The Hall–Kier alpha value is -2.82. The molecule has 1 N–H and O–H groups in total. The lowest BCUT2D eigenvalue weighted by Gasteiger charge is -2.13. The smallest absolute Gasteiger partial charge is 0.338 e. The molecule has 0 spiro atoms. The molecule has 2 aromatic rings. The van der Waals surface area contributed by atoms with E-state index in [9.17, 15) is 9.59 Å². The van der Waals surface area contributed by atoms with Crippen molar-refractivity contribution in [2.24, 2.45) is 0 Å². The van der Waals surface area contributed by atoms with E-state index in [-0.39, 0.29) is 18.4 Å². The monoisotopic (exact) mass is 327 g/mol. The molecule has 0 radical (unpaired) electrons. The van der Waals surface area contributed by atoms with Crippen molar-refractivity contribution in [1.82, 2.24) is 5.32 Å². The van der Waals surface area contributed by atoms with Gasteiger partial charge in [-0.1, -0.05) is 37.3 Å². The Balaban J connectivity index is 1.75. The van der Waals surface area contributed by atoms with Crippen molar-refractivity contribution in [3.05, 3.63) is 65.7 Å². The van der Waals surface area contributed by atoms with Crippen LogP contribution in [0.4, 0.5) is 0 Å². The number of amides is 1. The molecule has 2 rings (SSSR count). The first-order chi connectivity index (χ1) is 11.6. The van der Waals surface area contributed by atoms with Crippen LogP contribution in [0.2, 0.25) is 0 Å². The Morgan fingerprint density at radius 2 is 1.71 bits per heavy atom. The van der Waals surface area contributed by atoms with E-state index in [1.54, 1.807) is 31.4 Å². The topological polar surface area (TPSA) is 64.6 Å². The van der Waals surface area contributed by atoms with E-state index < -0.39 is 5.97 Å². The number of carbonyl (C=O) groups excluding carboxylic acids is 2. The van der Waals surface area contributed by atoms with Crippen LogP contribution in [0.3, 0.4) is 0 Å². The summed E-state index contributed by atoms with van der Waals surface area (Å²) in [5.74, 6) is -0.0183. The van der Waals surface area contributed by atoms with Crippen LogP contribution in [0.25, 0.3) is 0 Å². The van der Waals surface area contributed by atoms with Crippen molar-refractivity contribution >= 4 is 11.9 Å². The molecule has 126 valence electrons. The van der Waals surface area contributed by atoms with Crippen molar-refractivity contribution < 1.29 is 19.1 Å². The Morgan fingerprint density at radius 3 is 2.33 bits per heavy atom. The highest BCUT2D eigenvalue weighted by molar-refractivity contribution is 5.91. The summed E-state index contributed by atoms with van der Waals surface area (Å²) >= 11 is 0. The molecule has 5 heteroatoms. The number of esters is 1. The molecule has 0 unspecified atom stereocenters. The number of hydrogen-bond acceptors (Lipinski definition) is 4. The molecule has 2 aromatic carbocycles. The highest BCUT2D eigenvalue weighted by Gasteiger charge is 2.11. The first-order valence-electron chi connectivity index (χ1n) is 7.73. The summed E-state index contributed by atoms with van der Waals surface area (Å²) in [6.45, 7) is 2.22. The third-order valence-electron chi connectivity index (χ3n) is 3.63. The SMILES string of the molecule is COc1ccc(C(=O)OCC(=O)NC[C@H](C)c2ccccc2)cc1. The van der Waals surface area contributed by atoms with Gasteiger partial charge in [-0.25, -0.2) is 4.79 Å². The molecule has 1 atom stereocenters. The van der Waals surface area contributed by atoms with Crippen LogP contribution in [0, 0.1) is 0 Å². The molecule has 0 heterocycles. The normalized spacial score (nSPS) is 11.4. The highest BCUT2D eigenvalue weighted by Crippen LogP contribution is 2.13. The summed E-state index contributed by atoms with van der Waals surface area (Å²) in [6, 6.07) is 16.4. The molecule has 5 nitrogen and oxygen atoms in total. The molecule has 0 saturated carbocycles. The van der Waals surface area contributed by atoms with Crippen molar-refractivity contribution in [1.29, 1.82) is 0 Å². The Labute approximate surface area is 141 Å². The van der Waals surface area contributed by atoms with Crippen molar-refractivity contribution in [3.63, 3.8) is 0 Å². The minimum absolute atomic E-state index is 0.187. The number of benzene rings is 2. The number of methoxy groups -OCH3 is 1. The van der Waals surface area contributed by atoms with E-state index in [0.29, 0.717) is 17.9 Å². The number of rotatable bonds is 7. The van der Waals surface area contributed by atoms with Gasteiger partial charge >= 0.3 is 5.97 Å². The molecule has 0 bridgehead atoms. The van der Waals surface area contributed by atoms with Crippen molar-refractivity contribution in [2.75, 3.05) is 20.3 Å². The quantitative estimate of drug-likeness (QED) is 0.794. The molecule has 0 aliphatic rings. The van der Waals surface area contributed by atoms with Crippen LogP contribution in [-0.2, 0) is 9.53 Å². The van der Waals surface area contributed by atoms with Gasteiger partial charge in [0.05, 0.1) is 12.7 Å². The average molecular weight is 327 g/mol. The molecule has 0 aliphatic heterocycles. The Morgan fingerprint density at radius 1 is 1.04 bits per heavy atom. The zero-order valence-electron chi connectivity index (χ0n) is 13.8. The molecule has 0 saturated heterocycles.